The first-order chi connectivity index (χ1) is 8.19. The fourth-order valence-electron chi connectivity index (χ4n) is 1.27. The van der Waals surface area contributed by atoms with E-state index in [1.54, 1.807) is 0 Å². The van der Waals surface area contributed by atoms with Gasteiger partial charge in [0.15, 0.2) is 4.34 Å². The summed E-state index contributed by atoms with van der Waals surface area (Å²) in [4.78, 5) is 4.20. The smallest absolute Gasteiger partial charge is 0.170 e. The number of aromatic nitrogens is 2. The molecule has 2 rings (SSSR count). The van der Waals surface area contributed by atoms with Crippen LogP contribution in [0.4, 0.5) is 4.39 Å². The highest BCUT2D eigenvalue weighted by Gasteiger charge is 2.07. The van der Waals surface area contributed by atoms with E-state index in [2.05, 4.69) is 15.4 Å². The predicted octanol–water partition coefficient (Wildman–Crippen LogP) is 3.15. The van der Waals surface area contributed by atoms with Crippen molar-refractivity contribution in [3.05, 3.63) is 41.0 Å². The lowest BCUT2D eigenvalue weighted by atomic mass is 10.1. The van der Waals surface area contributed by atoms with Gasteiger partial charge in [-0.1, -0.05) is 11.8 Å². The molecule has 0 spiro atoms. The molecule has 0 atom stereocenters. The fourth-order valence-corrected chi connectivity index (χ4v) is 2.90. The minimum absolute atomic E-state index is 0.326. The van der Waals surface area contributed by atoms with E-state index >= 15 is 0 Å². The zero-order valence-electron chi connectivity index (χ0n) is 8.98. The van der Waals surface area contributed by atoms with Crippen LogP contribution >= 0.6 is 23.3 Å². The third kappa shape index (κ3) is 3.02. The summed E-state index contributed by atoms with van der Waals surface area (Å²) < 4.78 is 18.0. The molecule has 1 heterocycles. The van der Waals surface area contributed by atoms with Crippen LogP contribution in [-0.4, -0.2) is 9.36 Å². The molecule has 1 aromatic heterocycles. The first kappa shape index (κ1) is 12.0. The number of nitriles is 1. The summed E-state index contributed by atoms with van der Waals surface area (Å²) in [5.41, 5.74) is 1.19. The largest absolute Gasteiger partial charge is 0.213 e. The van der Waals surface area contributed by atoms with Crippen LogP contribution in [0.25, 0.3) is 0 Å². The monoisotopic (exact) mass is 265 g/mol. The zero-order valence-corrected chi connectivity index (χ0v) is 10.6. The predicted molar refractivity (Wildman–Crippen MR) is 65.3 cm³/mol. The van der Waals surface area contributed by atoms with Crippen molar-refractivity contribution in [1.29, 1.82) is 5.26 Å². The van der Waals surface area contributed by atoms with Crippen LogP contribution in [0.1, 0.15) is 17.0 Å². The van der Waals surface area contributed by atoms with Crippen LogP contribution < -0.4 is 0 Å². The van der Waals surface area contributed by atoms with Crippen molar-refractivity contribution >= 4 is 23.3 Å². The van der Waals surface area contributed by atoms with Gasteiger partial charge in [-0.25, -0.2) is 9.37 Å². The molecule has 0 saturated carbocycles. The average molecular weight is 265 g/mol. The number of benzene rings is 1. The Bertz CT molecular complexity index is 574. The summed E-state index contributed by atoms with van der Waals surface area (Å²) in [7, 11) is 0. The number of nitrogens with zero attached hydrogens (tertiary/aromatic N) is 3. The van der Waals surface area contributed by atoms with Gasteiger partial charge in [-0.2, -0.15) is 9.64 Å². The van der Waals surface area contributed by atoms with E-state index in [1.165, 1.54) is 41.5 Å². The number of rotatable bonds is 3. The van der Waals surface area contributed by atoms with Gasteiger partial charge >= 0.3 is 0 Å². The molecule has 0 aliphatic carbocycles. The topological polar surface area (TPSA) is 49.6 Å². The first-order valence-electron chi connectivity index (χ1n) is 4.80. The van der Waals surface area contributed by atoms with Crippen LogP contribution in [0.2, 0.25) is 0 Å². The van der Waals surface area contributed by atoms with Crippen molar-refractivity contribution in [3.8, 4) is 6.07 Å². The molecule has 0 fully saturated rings. The number of hydrogen-bond donors (Lipinski definition) is 0. The molecule has 0 N–H and O–H groups in total. The average Bonchev–Trinajstić information content (AvgIpc) is 2.73. The summed E-state index contributed by atoms with van der Waals surface area (Å²) in [5.74, 6) is 0.931. The molecule has 3 nitrogen and oxygen atoms in total. The van der Waals surface area contributed by atoms with Gasteiger partial charge in [0.05, 0.1) is 11.6 Å². The van der Waals surface area contributed by atoms with Crippen LogP contribution in [0, 0.1) is 24.1 Å². The van der Waals surface area contributed by atoms with Crippen LogP contribution in [0.3, 0.4) is 0 Å². The molecular formula is C11H8FN3S2. The van der Waals surface area contributed by atoms with E-state index in [-0.39, 0.29) is 5.82 Å². The number of halogens is 1. The van der Waals surface area contributed by atoms with Crippen molar-refractivity contribution in [2.24, 2.45) is 0 Å². The molecule has 2 aromatic rings. The molecule has 86 valence electrons. The Morgan fingerprint density at radius 3 is 3.00 bits per heavy atom. The Labute approximate surface area is 106 Å². The molecule has 1 aromatic carbocycles. The number of thioether (sulfide) groups is 1. The van der Waals surface area contributed by atoms with Crippen molar-refractivity contribution in [3.63, 3.8) is 0 Å². The highest BCUT2D eigenvalue weighted by molar-refractivity contribution is 8.00. The lowest BCUT2D eigenvalue weighted by molar-refractivity contribution is 0.626. The second-order valence-corrected chi connectivity index (χ2v) is 5.28. The summed E-state index contributed by atoms with van der Waals surface area (Å²) in [5, 5.41) is 8.90. The van der Waals surface area contributed by atoms with E-state index in [0.29, 0.717) is 16.9 Å². The normalized spacial score (nSPS) is 10.2. The molecule has 17 heavy (non-hydrogen) atoms. The van der Waals surface area contributed by atoms with Gasteiger partial charge in [-0.05, 0) is 42.2 Å². The van der Waals surface area contributed by atoms with Gasteiger partial charge in [0.2, 0.25) is 0 Å². The SMILES string of the molecule is Cc1nsc(SCc2cc(F)ccc2C#N)n1. The summed E-state index contributed by atoms with van der Waals surface area (Å²) in [6, 6.07) is 6.23. The van der Waals surface area contributed by atoms with Gasteiger partial charge < -0.3 is 0 Å². The molecule has 0 saturated heterocycles. The van der Waals surface area contributed by atoms with E-state index in [4.69, 9.17) is 5.26 Å². The number of aryl methyl sites for hydroxylation is 1. The van der Waals surface area contributed by atoms with Gasteiger partial charge in [0, 0.05) is 5.75 Å². The molecular weight excluding hydrogens is 257 g/mol. The third-order valence-corrected chi connectivity index (χ3v) is 4.02. The van der Waals surface area contributed by atoms with Crippen molar-refractivity contribution < 1.29 is 4.39 Å². The van der Waals surface area contributed by atoms with Gasteiger partial charge in [-0.3, -0.25) is 0 Å². The van der Waals surface area contributed by atoms with E-state index in [0.717, 1.165) is 10.2 Å². The lowest BCUT2D eigenvalue weighted by Crippen LogP contribution is -1.89. The van der Waals surface area contributed by atoms with E-state index in [9.17, 15) is 4.39 Å². The molecule has 0 unspecified atom stereocenters. The van der Waals surface area contributed by atoms with Crippen LogP contribution in [0.15, 0.2) is 22.5 Å². The molecule has 0 aliphatic heterocycles. The number of hydrogen-bond acceptors (Lipinski definition) is 5. The van der Waals surface area contributed by atoms with Gasteiger partial charge in [0.1, 0.15) is 11.6 Å². The molecule has 0 amide bonds. The summed E-state index contributed by atoms with van der Waals surface area (Å²) in [6.07, 6.45) is 0. The molecule has 0 bridgehead atoms. The Balaban J connectivity index is 2.13. The highest BCUT2D eigenvalue weighted by Crippen LogP contribution is 2.26. The zero-order chi connectivity index (χ0) is 12.3. The minimum atomic E-state index is -0.326. The Hall–Kier alpha value is -1.45. The quantitative estimate of drug-likeness (QED) is 0.800. The Kier molecular flexibility index (Phi) is 3.71. The van der Waals surface area contributed by atoms with Gasteiger partial charge in [-0.15, -0.1) is 0 Å². The second kappa shape index (κ2) is 5.25. The third-order valence-electron chi connectivity index (χ3n) is 2.05. The van der Waals surface area contributed by atoms with Gasteiger partial charge in [0.25, 0.3) is 0 Å². The molecule has 6 heteroatoms. The maximum absolute atomic E-state index is 13.1. The molecule has 0 radical (unpaired) electrons. The van der Waals surface area contributed by atoms with E-state index in [1.807, 2.05) is 6.92 Å². The molecule has 0 aliphatic rings. The highest BCUT2D eigenvalue weighted by atomic mass is 32.2. The van der Waals surface area contributed by atoms with E-state index < -0.39 is 0 Å². The maximum atomic E-state index is 13.1. The second-order valence-electron chi connectivity index (χ2n) is 3.31. The van der Waals surface area contributed by atoms with Crippen molar-refractivity contribution in [1.82, 2.24) is 9.36 Å². The van der Waals surface area contributed by atoms with Crippen LogP contribution in [0.5, 0.6) is 0 Å². The van der Waals surface area contributed by atoms with Crippen molar-refractivity contribution in [2.45, 2.75) is 17.0 Å². The fraction of sp³-hybridized carbons (Fsp3) is 0.182. The standard InChI is InChI=1S/C11H8FN3S2/c1-7-14-11(17-15-7)16-6-9-4-10(12)3-2-8(9)5-13/h2-4H,6H2,1H3. The van der Waals surface area contributed by atoms with Crippen LogP contribution in [-0.2, 0) is 5.75 Å². The maximum Gasteiger partial charge on any atom is 0.170 e. The lowest BCUT2D eigenvalue weighted by Gasteiger charge is -2.01. The summed E-state index contributed by atoms with van der Waals surface area (Å²) >= 11 is 2.77. The Morgan fingerprint density at radius 2 is 2.35 bits per heavy atom. The minimum Gasteiger partial charge on any atom is -0.213 e. The Morgan fingerprint density at radius 1 is 1.53 bits per heavy atom. The summed E-state index contributed by atoms with van der Waals surface area (Å²) in [6.45, 7) is 1.82. The first-order valence-corrected chi connectivity index (χ1v) is 6.56. The van der Waals surface area contributed by atoms with Crippen molar-refractivity contribution in [2.75, 3.05) is 0 Å².